The topological polar surface area (TPSA) is 96.6 Å². The highest BCUT2D eigenvalue weighted by atomic mass is 32.2. The van der Waals surface area contributed by atoms with Crippen molar-refractivity contribution in [2.24, 2.45) is 0 Å². The second-order valence-electron chi connectivity index (χ2n) is 7.14. The van der Waals surface area contributed by atoms with Gasteiger partial charge in [-0.1, -0.05) is 17.6 Å². The largest absolute Gasteiger partial charge is 0.339 e. The molecule has 0 unspecified atom stereocenters. The number of nitrogens with zero attached hydrogens (tertiary/aromatic N) is 4. The minimum absolute atomic E-state index is 0.0435. The number of sulfonamides is 1. The van der Waals surface area contributed by atoms with Crippen molar-refractivity contribution in [2.45, 2.75) is 37.6 Å². The zero-order valence-corrected chi connectivity index (χ0v) is 16.7. The van der Waals surface area contributed by atoms with Crippen molar-refractivity contribution in [3.05, 3.63) is 34.1 Å². The van der Waals surface area contributed by atoms with Gasteiger partial charge in [0.25, 0.3) is 5.91 Å². The number of rotatable bonds is 7. The Labute approximate surface area is 162 Å². The summed E-state index contributed by atoms with van der Waals surface area (Å²) in [4.78, 5) is 19.1. The third-order valence-corrected chi connectivity index (χ3v) is 7.40. The van der Waals surface area contributed by atoms with Gasteiger partial charge in [0.15, 0.2) is 5.82 Å². The molecule has 146 valence electrons. The average Bonchev–Trinajstić information content (AvgIpc) is 3.17. The Morgan fingerprint density at radius 1 is 1.41 bits per heavy atom. The van der Waals surface area contributed by atoms with Crippen LogP contribution in [0.5, 0.6) is 0 Å². The summed E-state index contributed by atoms with van der Waals surface area (Å²) in [6.45, 7) is 1.10. The Morgan fingerprint density at radius 3 is 2.78 bits per heavy atom. The van der Waals surface area contributed by atoms with Crippen LogP contribution in [-0.2, 0) is 16.4 Å². The minimum Gasteiger partial charge on any atom is -0.339 e. The molecule has 2 aromatic heterocycles. The number of hydrogen-bond acceptors (Lipinski definition) is 7. The minimum atomic E-state index is -3.39. The van der Waals surface area contributed by atoms with Crippen LogP contribution in [0, 0.1) is 0 Å². The lowest BCUT2D eigenvalue weighted by atomic mass is 9.85. The first-order valence-corrected chi connectivity index (χ1v) is 11.8. The molecule has 1 saturated heterocycles. The van der Waals surface area contributed by atoms with E-state index in [1.165, 1.54) is 28.3 Å². The average molecular weight is 411 g/mol. The lowest BCUT2D eigenvalue weighted by molar-refractivity contribution is 0.0459. The van der Waals surface area contributed by atoms with Crippen LogP contribution in [0.4, 0.5) is 0 Å². The standard InChI is InChI=1S/C17H22N4O4S2/c1-27(23,24)21(8-7-15-18-16(25-19-15)12-4-2-5-12)13-10-20(11-13)17(22)14-6-3-9-26-14/h3,6,9,12-13H,2,4-5,7-8,10-11H2,1H3. The maximum Gasteiger partial charge on any atom is 0.264 e. The van der Waals surface area contributed by atoms with Crippen LogP contribution in [0.2, 0.25) is 0 Å². The molecule has 27 heavy (non-hydrogen) atoms. The molecule has 10 heteroatoms. The van der Waals surface area contributed by atoms with E-state index in [2.05, 4.69) is 10.1 Å². The first kappa shape index (κ1) is 18.6. The molecule has 1 aliphatic heterocycles. The Balaban J connectivity index is 1.35. The molecular formula is C17H22N4O4S2. The van der Waals surface area contributed by atoms with Gasteiger partial charge < -0.3 is 9.42 Å². The van der Waals surface area contributed by atoms with E-state index in [0.717, 1.165) is 12.8 Å². The van der Waals surface area contributed by atoms with Crippen LogP contribution in [0.15, 0.2) is 22.0 Å². The molecule has 0 spiro atoms. The predicted octanol–water partition coefficient (Wildman–Crippen LogP) is 1.73. The first-order valence-electron chi connectivity index (χ1n) is 9.04. The van der Waals surface area contributed by atoms with E-state index in [-0.39, 0.29) is 18.5 Å². The lowest BCUT2D eigenvalue weighted by Gasteiger charge is -2.44. The van der Waals surface area contributed by atoms with E-state index in [0.29, 0.717) is 42.0 Å². The fourth-order valence-electron chi connectivity index (χ4n) is 3.38. The molecule has 3 heterocycles. The van der Waals surface area contributed by atoms with Gasteiger partial charge in [-0.15, -0.1) is 11.3 Å². The quantitative estimate of drug-likeness (QED) is 0.690. The normalized spacial score (nSPS) is 18.5. The molecule has 1 aliphatic carbocycles. The molecule has 0 N–H and O–H groups in total. The maximum atomic E-state index is 12.3. The zero-order valence-electron chi connectivity index (χ0n) is 15.1. The first-order chi connectivity index (χ1) is 12.9. The molecule has 0 atom stereocenters. The van der Waals surface area contributed by atoms with Gasteiger partial charge in [0, 0.05) is 32.0 Å². The van der Waals surface area contributed by atoms with Gasteiger partial charge in [0.05, 0.1) is 17.2 Å². The fourth-order valence-corrected chi connectivity index (χ4v) is 5.17. The summed E-state index contributed by atoms with van der Waals surface area (Å²) in [5.41, 5.74) is 0. The van der Waals surface area contributed by atoms with Gasteiger partial charge >= 0.3 is 0 Å². The van der Waals surface area contributed by atoms with E-state index in [1.807, 2.05) is 11.4 Å². The summed E-state index contributed by atoms with van der Waals surface area (Å²) in [6, 6.07) is 3.41. The van der Waals surface area contributed by atoms with E-state index in [4.69, 9.17) is 4.52 Å². The number of thiophene rings is 1. The Bertz CT molecular complexity index is 899. The molecule has 8 nitrogen and oxygen atoms in total. The van der Waals surface area contributed by atoms with E-state index in [1.54, 1.807) is 11.0 Å². The van der Waals surface area contributed by atoms with Gasteiger partial charge in [-0.25, -0.2) is 8.42 Å². The second kappa shape index (κ2) is 7.33. The molecule has 1 amide bonds. The molecule has 0 radical (unpaired) electrons. The van der Waals surface area contributed by atoms with Crippen LogP contribution in [-0.4, -0.2) is 65.6 Å². The van der Waals surface area contributed by atoms with Gasteiger partial charge in [0.1, 0.15) is 0 Å². The molecule has 2 fully saturated rings. The monoisotopic (exact) mass is 410 g/mol. The number of hydrogen-bond donors (Lipinski definition) is 0. The Kier molecular flexibility index (Phi) is 5.04. The van der Waals surface area contributed by atoms with E-state index >= 15 is 0 Å². The van der Waals surface area contributed by atoms with Crippen molar-refractivity contribution in [1.82, 2.24) is 19.3 Å². The van der Waals surface area contributed by atoms with Crippen LogP contribution in [0.3, 0.4) is 0 Å². The molecule has 2 aliphatic rings. The maximum absolute atomic E-state index is 12.3. The SMILES string of the molecule is CS(=O)(=O)N(CCc1noc(C2CCC2)n1)C1CN(C(=O)c2cccs2)C1. The van der Waals surface area contributed by atoms with Crippen molar-refractivity contribution in [2.75, 3.05) is 25.9 Å². The van der Waals surface area contributed by atoms with Crippen molar-refractivity contribution in [3.8, 4) is 0 Å². The molecule has 2 aromatic rings. The summed E-state index contributed by atoms with van der Waals surface area (Å²) >= 11 is 1.39. The molecular weight excluding hydrogens is 388 g/mol. The zero-order chi connectivity index (χ0) is 19.0. The fraction of sp³-hybridized carbons (Fsp3) is 0.588. The molecule has 1 saturated carbocycles. The van der Waals surface area contributed by atoms with Gasteiger partial charge in [-0.2, -0.15) is 9.29 Å². The van der Waals surface area contributed by atoms with Gasteiger partial charge in [0.2, 0.25) is 15.9 Å². The van der Waals surface area contributed by atoms with Crippen molar-refractivity contribution >= 4 is 27.3 Å². The van der Waals surface area contributed by atoms with Crippen LogP contribution in [0.1, 0.15) is 46.6 Å². The smallest absolute Gasteiger partial charge is 0.264 e. The molecule has 0 aromatic carbocycles. The summed E-state index contributed by atoms with van der Waals surface area (Å²) < 4.78 is 31.2. The number of carbonyl (C=O) groups is 1. The number of amides is 1. The second-order valence-corrected chi connectivity index (χ2v) is 10.0. The highest BCUT2D eigenvalue weighted by Crippen LogP contribution is 2.35. The van der Waals surface area contributed by atoms with Crippen LogP contribution >= 0.6 is 11.3 Å². The summed E-state index contributed by atoms with van der Waals surface area (Å²) in [5.74, 6) is 1.52. The highest BCUT2D eigenvalue weighted by Gasteiger charge is 2.39. The van der Waals surface area contributed by atoms with Gasteiger partial charge in [-0.05, 0) is 24.3 Å². The third-order valence-electron chi connectivity index (χ3n) is 5.21. The van der Waals surface area contributed by atoms with Crippen LogP contribution < -0.4 is 0 Å². The molecule has 4 rings (SSSR count). The van der Waals surface area contributed by atoms with Crippen LogP contribution in [0.25, 0.3) is 0 Å². The number of carbonyl (C=O) groups excluding carboxylic acids is 1. The highest BCUT2D eigenvalue weighted by molar-refractivity contribution is 7.88. The molecule has 0 bridgehead atoms. The summed E-state index contributed by atoms with van der Waals surface area (Å²) in [6.07, 6.45) is 4.94. The van der Waals surface area contributed by atoms with Gasteiger partial charge in [-0.3, -0.25) is 4.79 Å². The number of likely N-dealkylation sites (tertiary alicyclic amines) is 1. The Morgan fingerprint density at radius 2 is 2.19 bits per heavy atom. The summed E-state index contributed by atoms with van der Waals surface area (Å²) in [5, 5.41) is 5.84. The lowest BCUT2D eigenvalue weighted by Crippen LogP contribution is -2.62. The summed E-state index contributed by atoms with van der Waals surface area (Å²) in [7, 11) is -3.39. The predicted molar refractivity (Wildman–Crippen MR) is 100 cm³/mol. The Hall–Kier alpha value is -1.78. The van der Waals surface area contributed by atoms with Crippen molar-refractivity contribution < 1.29 is 17.7 Å². The van der Waals surface area contributed by atoms with E-state index in [9.17, 15) is 13.2 Å². The van der Waals surface area contributed by atoms with E-state index < -0.39 is 10.0 Å². The van der Waals surface area contributed by atoms with Crippen molar-refractivity contribution in [3.63, 3.8) is 0 Å². The van der Waals surface area contributed by atoms with Crippen molar-refractivity contribution in [1.29, 1.82) is 0 Å². The number of aromatic nitrogens is 2. The third kappa shape index (κ3) is 3.92.